The molecular formula is C13H17FN4. The van der Waals surface area contributed by atoms with Gasteiger partial charge in [-0.3, -0.25) is 0 Å². The van der Waals surface area contributed by atoms with E-state index in [1.54, 1.807) is 6.07 Å². The molecule has 3 rings (SSSR count). The van der Waals surface area contributed by atoms with Gasteiger partial charge in [0.05, 0.1) is 11.9 Å². The van der Waals surface area contributed by atoms with Crippen molar-refractivity contribution in [2.24, 2.45) is 0 Å². The molecule has 1 aromatic heterocycles. The average molecular weight is 248 g/mol. The number of nitrogens with one attached hydrogen (secondary N) is 1. The molecule has 0 amide bonds. The minimum Gasteiger partial charge on any atom is -0.347 e. The highest BCUT2D eigenvalue weighted by Gasteiger charge is 2.26. The fourth-order valence-electron chi connectivity index (χ4n) is 2.58. The minimum atomic E-state index is -0.291. The Labute approximate surface area is 106 Å². The van der Waals surface area contributed by atoms with Crippen LogP contribution in [0.4, 0.5) is 15.9 Å². The van der Waals surface area contributed by atoms with E-state index in [1.807, 2.05) is 24.3 Å². The van der Waals surface area contributed by atoms with Crippen LogP contribution in [0.15, 0.2) is 24.7 Å². The second-order valence-electron chi connectivity index (χ2n) is 4.79. The Morgan fingerprint density at radius 1 is 1.33 bits per heavy atom. The van der Waals surface area contributed by atoms with Gasteiger partial charge in [0.25, 0.3) is 0 Å². The Kier molecular flexibility index (Phi) is 2.91. The number of fused-ring (bicyclic) bond motifs is 1. The summed E-state index contributed by atoms with van der Waals surface area (Å²) in [6.07, 6.45) is 7.48. The van der Waals surface area contributed by atoms with Crippen molar-refractivity contribution in [1.29, 1.82) is 0 Å². The standard InChI is InChI=1S/C13H17FN4/c1-17-6-7-18(11-2-4-15-5-3-11)13-12(17)8-10(14)9-16-13/h6-9,11,15H,2-5H2,1H3. The van der Waals surface area contributed by atoms with E-state index in [2.05, 4.69) is 15.2 Å². The zero-order chi connectivity index (χ0) is 12.5. The number of aromatic nitrogens is 1. The van der Waals surface area contributed by atoms with Crippen LogP contribution in [0.2, 0.25) is 0 Å². The summed E-state index contributed by atoms with van der Waals surface area (Å²) in [4.78, 5) is 8.35. The Balaban J connectivity index is 1.95. The number of piperidine rings is 1. The molecule has 96 valence electrons. The van der Waals surface area contributed by atoms with Crippen molar-refractivity contribution in [2.45, 2.75) is 18.9 Å². The lowest BCUT2D eigenvalue weighted by atomic mass is 10.0. The van der Waals surface area contributed by atoms with Crippen molar-refractivity contribution in [2.75, 3.05) is 29.9 Å². The number of rotatable bonds is 1. The Bertz CT molecular complexity index is 468. The highest BCUT2D eigenvalue weighted by molar-refractivity contribution is 5.72. The van der Waals surface area contributed by atoms with Gasteiger partial charge >= 0.3 is 0 Å². The number of hydrogen-bond donors (Lipinski definition) is 1. The molecule has 5 heteroatoms. The average Bonchev–Trinajstić information content (AvgIpc) is 2.41. The molecule has 1 fully saturated rings. The molecule has 1 N–H and O–H groups in total. The highest BCUT2D eigenvalue weighted by Crippen LogP contribution is 2.33. The molecule has 0 radical (unpaired) electrons. The zero-order valence-electron chi connectivity index (χ0n) is 10.4. The van der Waals surface area contributed by atoms with E-state index in [0.717, 1.165) is 37.4 Å². The predicted octanol–water partition coefficient (Wildman–Crippen LogP) is 1.70. The fraction of sp³-hybridized carbons (Fsp3) is 0.462. The molecule has 2 aliphatic heterocycles. The van der Waals surface area contributed by atoms with Crippen molar-refractivity contribution in [3.05, 3.63) is 30.5 Å². The van der Waals surface area contributed by atoms with Crippen LogP contribution in [-0.2, 0) is 0 Å². The molecule has 0 aliphatic carbocycles. The molecular weight excluding hydrogens is 231 g/mol. The van der Waals surface area contributed by atoms with Gasteiger partial charge in [0.1, 0.15) is 5.82 Å². The molecule has 4 nitrogen and oxygen atoms in total. The molecule has 0 bridgehead atoms. The van der Waals surface area contributed by atoms with Gasteiger partial charge in [-0.2, -0.15) is 0 Å². The molecule has 0 atom stereocenters. The molecule has 0 aromatic carbocycles. The quantitative estimate of drug-likeness (QED) is 0.819. The largest absolute Gasteiger partial charge is 0.347 e. The lowest BCUT2D eigenvalue weighted by molar-refractivity contribution is 0.447. The van der Waals surface area contributed by atoms with Gasteiger partial charge in [0, 0.05) is 31.6 Å². The lowest BCUT2D eigenvalue weighted by Crippen LogP contribution is -2.42. The molecule has 0 saturated carbocycles. The van der Waals surface area contributed by atoms with Crippen LogP contribution in [-0.4, -0.2) is 31.2 Å². The first-order valence-electron chi connectivity index (χ1n) is 6.31. The second kappa shape index (κ2) is 4.57. The minimum absolute atomic E-state index is 0.291. The Morgan fingerprint density at radius 3 is 2.89 bits per heavy atom. The third-order valence-electron chi connectivity index (χ3n) is 3.59. The first kappa shape index (κ1) is 11.5. The van der Waals surface area contributed by atoms with Gasteiger partial charge < -0.3 is 15.1 Å². The van der Waals surface area contributed by atoms with Crippen molar-refractivity contribution in [3.63, 3.8) is 0 Å². The van der Waals surface area contributed by atoms with E-state index < -0.39 is 0 Å². The van der Waals surface area contributed by atoms with E-state index in [4.69, 9.17) is 0 Å². The van der Waals surface area contributed by atoms with Gasteiger partial charge in [0.2, 0.25) is 0 Å². The molecule has 1 saturated heterocycles. The second-order valence-corrected chi connectivity index (χ2v) is 4.79. The predicted molar refractivity (Wildman–Crippen MR) is 70.1 cm³/mol. The number of pyridine rings is 1. The summed E-state index contributed by atoms with van der Waals surface area (Å²) in [6, 6.07) is 1.99. The molecule has 3 heterocycles. The molecule has 1 aromatic rings. The third kappa shape index (κ3) is 1.95. The number of anilines is 2. The molecule has 0 spiro atoms. The van der Waals surface area contributed by atoms with Gasteiger partial charge in [-0.15, -0.1) is 0 Å². The SMILES string of the molecule is CN1C=CN(C2CCNCC2)c2ncc(F)cc21. The fourth-order valence-corrected chi connectivity index (χ4v) is 2.58. The van der Waals surface area contributed by atoms with Crippen LogP contribution in [0.3, 0.4) is 0 Å². The van der Waals surface area contributed by atoms with Crippen LogP contribution >= 0.6 is 0 Å². The van der Waals surface area contributed by atoms with E-state index in [-0.39, 0.29) is 5.82 Å². The summed E-state index contributed by atoms with van der Waals surface area (Å²) >= 11 is 0. The van der Waals surface area contributed by atoms with Crippen molar-refractivity contribution in [1.82, 2.24) is 10.3 Å². The maximum Gasteiger partial charge on any atom is 0.157 e. The summed E-state index contributed by atoms with van der Waals surface area (Å²) in [5.41, 5.74) is 0.830. The van der Waals surface area contributed by atoms with Gasteiger partial charge in [-0.05, 0) is 25.9 Å². The molecule has 2 aliphatic rings. The summed E-state index contributed by atoms with van der Waals surface area (Å²) in [7, 11) is 1.91. The van der Waals surface area contributed by atoms with Crippen LogP contribution in [0.5, 0.6) is 0 Å². The summed E-state index contributed by atoms with van der Waals surface area (Å²) in [5, 5.41) is 3.35. The first-order valence-corrected chi connectivity index (χ1v) is 6.31. The number of hydrogen-bond acceptors (Lipinski definition) is 4. The van der Waals surface area contributed by atoms with Gasteiger partial charge in [-0.1, -0.05) is 0 Å². The summed E-state index contributed by atoms with van der Waals surface area (Å²) in [6.45, 7) is 2.06. The molecule has 0 unspecified atom stereocenters. The number of halogens is 1. The zero-order valence-corrected chi connectivity index (χ0v) is 10.4. The Morgan fingerprint density at radius 2 is 2.11 bits per heavy atom. The first-order chi connectivity index (χ1) is 8.75. The highest BCUT2D eigenvalue weighted by atomic mass is 19.1. The summed E-state index contributed by atoms with van der Waals surface area (Å²) in [5.74, 6) is 0.564. The van der Waals surface area contributed by atoms with Crippen LogP contribution < -0.4 is 15.1 Å². The van der Waals surface area contributed by atoms with Crippen molar-refractivity contribution >= 4 is 11.5 Å². The lowest BCUT2D eigenvalue weighted by Gasteiger charge is -2.37. The van der Waals surface area contributed by atoms with E-state index in [9.17, 15) is 4.39 Å². The van der Waals surface area contributed by atoms with Crippen molar-refractivity contribution < 1.29 is 4.39 Å². The van der Waals surface area contributed by atoms with Gasteiger partial charge in [-0.25, -0.2) is 9.37 Å². The van der Waals surface area contributed by atoms with Gasteiger partial charge in [0.15, 0.2) is 5.82 Å². The van der Waals surface area contributed by atoms with Crippen LogP contribution in [0.25, 0.3) is 0 Å². The summed E-state index contributed by atoms with van der Waals surface area (Å²) < 4.78 is 13.3. The monoisotopic (exact) mass is 248 g/mol. The maximum absolute atomic E-state index is 13.3. The topological polar surface area (TPSA) is 31.4 Å². The van der Waals surface area contributed by atoms with Crippen LogP contribution in [0, 0.1) is 5.82 Å². The normalized spacial score (nSPS) is 20.1. The smallest absolute Gasteiger partial charge is 0.157 e. The maximum atomic E-state index is 13.3. The Hall–Kier alpha value is -1.62. The number of nitrogens with zero attached hydrogens (tertiary/aromatic N) is 3. The molecule has 18 heavy (non-hydrogen) atoms. The third-order valence-corrected chi connectivity index (χ3v) is 3.59. The van der Waals surface area contributed by atoms with E-state index >= 15 is 0 Å². The van der Waals surface area contributed by atoms with E-state index in [0.29, 0.717) is 6.04 Å². The van der Waals surface area contributed by atoms with Crippen LogP contribution in [0.1, 0.15) is 12.8 Å². The van der Waals surface area contributed by atoms with Crippen molar-refractivity contribution in [3.8, 4) is 0 Å². The van der Waals surface area contributed by atoms with E-state index in [1.165, 1.54) is 6.20 Å².